The largest absolute Gasteiger partial charge is 0.293 e. The van der Waals surface area contributed by atoms with Crippen molar-refractivity contribution in [3.05, 3.63) is 49.0 Å². The number of rotatable bonds is 4. The van der Waals surface area contributed by atoms with Gasteiger partial charge in [-0.05, 0) is 57.0 Å². The van der Waals surface area contributed by atoms with Crippen molar-refractivity contribution >= 4 is 60.7 Å². The molecule has 1 aromatic heterocycles. The number of thioether (sulfide) groups is 1. The molecule has 0 unspecified atom stereocenters. The van der Waals surface area contributed by atoms with Crippen molar-refractivity contribution in [1.29, 1.82) is 0 Å². The van der Waals surface area contributed by atoms with Crippen LogP contribution in [-0.4, -0.2) is 11.5 Å². The lowest BCUT2D eigenvalue weighted by Gasteiger charge is -2.01. The van der Waals surface area contributed by atoms with Crippen LogP contribution in [0.2, 0.25) is 0 Å². The Labute approximate surface area is 131 Å². The predicted octanol–water partition coefficient (Wildman–Crippen LogP) is 5.56. The van der Waals surface area contributed by atoms with Crippen LogP contribution < -0.4 is 0 Å². The summed E-state index contributed by atoms with van der Waals surface area (Å²) in [5.74, 6) is 0.611. The van der Waals surface area contributed by atoms with Crippen molar-refractivity contribution in [3.63, 3.8) is 0 Å². The molecule has 0 saturated heterocycles. The number of carbonyl (C=O) groups excluding carboxylic acids is 1. The van der Waals surface area contributed by atoms with Crippen LogP contribution in [0.15, 0.2) is 42.8 Å². The fraction of sp³-hybridized carbons (Fsp3) is 0.154. The van der Waals surface area contributed by atoms with Gasteiger partial charge in [-0.3, -0.25) is 4.79 Å². The first-order valence-corrected chi connectivity index (χ1v) is 8.62. The molecule has 0 radical (unpaired) electrons. The highest BCUT2D eigenvalue weighted by Crippen LogP contribution is 2.33. The average molecular weight is 406 g/mol. The molecule has 0 aliphatic carbocycles. The third-order valence-electron chi connectivity index (χ3n) is 2.35. The molecule has 0 amide bonds. The van der Waals surface area contributed by atoms with Gasteiger partial charge in [-0.1, -0.05) is 17.7 Å². The van der Waals surface area contributed by atoms with Crippen LogP contribution in [0, 0.1) is 6.92 Å². The van der Waals surface area contributed by atoms with Crippen LogP contribution in [0.4, 0.5) is 0 Å². The number of halogens is 2. The highest BCUT2D eigenvalue weighted by atomic mass is 79.9. The first-order chi connectivity index (χ1) is 8.56. The zero-order valence-electron chi connectivity index (χ0n) is 9.57. The fourth-order valence-corrected chi connectivity index (χ4v) is 5.03. The van der Waals surface area contributed by atoms with Gasteiger partial charge in [0.2, 0.25) is 0 Å². The van der Waals surface area contributed by atoms with Gasteiger partial charge in [-0.15, -0.1) is 23.1 Å². The number of ketones is 1. The molecule has 0 spiro atoms. The molecule has 18 heavy (non-hydrogen) atoms. The quantitative estimate of drug-likeness (QED) is 0.489. The Hall–Kier alpha value is -0.100. The van der Waals surface area contributed by atoms with Gasteiger partial charge in [-0.2, -0.15) is 0 Å². The molecule has 0 saturated carbocycles. The van der Waals surface area contributed by atoms with Gasteiger partial charge in [0, 0.05) is 10.5 Å². The smallest absolute Gasteiger partial charge is 0.175 e. The molecule has 0 fully saturated rings. The molecule has 5 heteroatoms. The van der Waals surface area contributed by atoms with Crippen molar-refractivity contribution < 1.29 is 4.79 Å². The Morgan fingerprint density at radius 3 is 2.50 bits per heavy atom. The van der Waals surface area contributed by atoms with Gasteiger partial charge in [0.1, 0.15) is 0 Å². The van der Waals surface area contributed by atoms with E-state index in [9.17, 15) is 4.79 Å². The van der Waals surface area contributed by atoms with E-state index in [0.717, 1.165) is 18.0 Å². The van der Waals surface area contributed by atoms with Crippen molar-refractivity contribution in [2.45, 2.75) is 11.8 Å². The van der Waals surface area contributed by atoms with Gasteiger partial charge in [0.25, 0.3) is 0 Å². The topological polar surface area (TPSA) is 17.1 Å². The second-order valence-corrected chi connectivity index (χ2v) is 8.56. The van der Waals surface area contributed by atoms with E-state index in [2.05, 4.69) is 50.9 Å². The molecule has 1 heterocycles. The SMILES string of the molecule is Cc1ccc(SCC(=O)c2cc(Br)sc2Br)cc1. The summed E-state index contributed by atoms with van der Waals surface area (Å²) in [6.07, 6.45) is 0. The van der Waals surface area contributed by atoms with E-state index in [1.165, 1.54) is 16.9 Å². The van der Waals surface area contributed by atoms with Crippen LogP contribution >= 0.6 is 55.0 Å². The number of benzene rings is 1. The van der Waals surface area contributed by atoms with Crippen LogP contribution in [0.3, 0.4) is 0 Å². The van der Waals surface area contributed by atoms with E-state index < -0.39 is 0 Å². The van der Waals surface area contributed by atoms with Gasteiger partial charge < -0.3 is 0 Å². The maximum atomic E-state index is 12.1. The third kappa shape index (κ3) is 3.70. The van der Waals surface area contributed by atoms with Crippen LogP contribution in [0.5, 0.6) is 0 Å². The van der Waals surface area contributed by atoms with Gasteiger partial charge >= 0.3 is 0 Å². The van der Waals surface area contributed by atoms with E-state index in [0.29, 0.717) is 5.75 Å². The van der Waals surface area contributed by atoms with Gasteiger partial charge in [0.05, 0.1) is 13.3 Å². The molecule has 0 aliphatic rings. The highest BCUT2D eigenvalue weighted by Gasteiger charge is 2.13. The zero-order valence-corrected chi connectivity index (χ0v) is 14.4. The average Bonchev–Trinajstić information content (AvgIpc) is 2.67. The molecule has 0 N–H and O–H groups in total. The Bertz CT molecular complexity index is 561. The summed E-state index contributed by atoms with van der Waals surface area (Å²) in [6, 6.07) is 10.1. The Balaban J connectivity index is 2.00. The summed E-state index contributed by atoms with van der Waals surface area (Å²) < 4.78 is 1.86. The lowest BCUT2D eigenvalue weighted by Crippen LogP contribution is -2.01. The minimum absolute atomic E-state index is 0.148. The van der Waals surface area contributed by atoms with E-state index in [1.807, 2.05) is 18.2 Å². The van der Waals surface area contributed by atoms with E-state index in [-0.39, 0.29) is 5.78 Å². The summed E-state index contributed by atoms with van der Waals surface area (Å²) in [6.45, 7) is 2.06. The van der Waals surface area contributed by atoms with Crippen molar-refractivity contribution in [3.8, 4) is 0 Å². The standard InChI is InChI=1S/C13H10Br2OS2/c1-8-2-4-9(5-3-8)17-7-11(16)10-6-12(14)18-13(10)15/h2-6H,7H2,1H3. The number of Topliss-reactive ketones (excluding diaryl/α,β-unsaturated/α-hetero) is 1. The summed E-state index contributed by atoms with van der Waals surface area (Å²) >= 11 is 9.89. The third-order valence-corrected chi connectivity index (χ3v) is 5.70. The van der Waals surface area contributed by atoms with E-state index >= 15 is 0 Å². The normalized spacial score (nSPS) is 10.6. The second kappa shape index (κ2) is 6.37. The number of thiophene rings is 1. The number of hydrogen-bond acceptors (Lipinski definition) is 3. The maximum Gasteiger partial charge on any atom is 0.175 e. The Morgan fingerprint density at radius 1 is 1.28 bits per heavy atom. The molecule has 1 aromatic carbocycles. The Kier molecular flexibility index (Phi) is 5.06. The molecule has 2 aromatic rings. The van der Waals surface area contributed by atoms with Crippen molar-refractivity contribution in [1.82, 2.24) is 0 Å². The zero-order chi connectivity index (χ0) is 13.1. The van der Waals surface area contributed by atoms with Crippen LogP contribution in [0.1, 0.15) is 15.9 Å². The van der Waals surface area contributed by atoms with E-state index in [1.54, 1.807) is 11.8 Å². The highest BCUT2D eigenvalue weighted by molar-refractivity contribution is 9.12. The van der Waals surface area contributed by atoms with Crippen molar-refractivity contribution in [2.24, 2.45) is 0 Å². The van der Waals surface area contributed by atoms with Crippen LogP contribution in [-0.2, 0) is 0 Å². The van der Waals surface area contributed by atoms with Gasteiger partial charge in [-0.25, -0.2) is 0 Å². The number of hydrogen-bond donors (Lipinski definition) is 0. The fourth-order valence-electron chi connectivity index (χ4n) is 1.39. The van der Waals surface area contributed by atoms with Crippen molar-refractivity contribution in [2.75, 3.05) is 5.75 Å². The molecule has 0 aliphatic heterocycles. The molecule has 94 valence electrons. The minimum Gasteiger partial charge on any atom is -0.293 e. The molecule has 2 rings (SSSR count). The number of aryl methyl sites for hydroxylation is 1. The molecular formula is C13H10Br2OS2. The minimum atomic E-state index is 0.148. The summed E-state index contributed by atoms with van der Waals surface area (Å²) in [5, 5.41) is 0. The maximum absolute atomic E-state index is 12.1. The second-order valence-electron chi connectivity index (χ2n) is 3.76. The van der Waals surface area contributed by atoms with E-state index in [4.69, 9.17) is 0 Å². The van der Waals surface area contributed by atoms with Crippen LogP contribution in [0.25, 0.3) is 0 Å². The molecule has 0 bridgehead atoms. The molecule has 1 nitrogen and oxygen atoms in total. The summed E-state index contributed by atoms with van der Waals surface area (Å²) in [7, 11) is 0. The molecule has 0 atom stereocenters. The molecular weight excluding hydrogens is 396 g/mol. The lowest BCUT2D eigenvalue weighted by atomic mass is 10.2. The number of carbonyl (C=O) groups is 1. The van der Waals surface area contributed by atoms with Gasteiger partial charge in [0.15, 0.2) is 5.78 Å². The Morgan fingerprint density at radius 2 is 1.94 bits per heavy atom. The monoisotopic (exact) mass is 404 g/mol. The summed E-state index contributed by atoms with van der Waals surface area (Å²) in [4.78, 5) is 13.2. The first kappa shape index (κ1) is 14.3. The lowest BCUT2D eigenvalue weighted by molar-refractivity contribution is 0.102. The predicted molar refractivity (Wildman–Crippen MR) is 86.0 cm³/mol. The first-order valence-electron chi connectivity index (χ1n) is 5.24. The summed E-state index contributed by atoms with van der Waals surface area (Å²) in [5.41, 5.74) is 1.99.